The molecule has 2 aromatic carbocycles. The van der Waals surface area contributed by atoms with Crippen molar-refractivity contribution in [3.8, 4) is 11.5 Å². The summed E-state index contributed by atoms with van der Waals surface area (Å²) in [6.07, 6.45) is 1.51. The highest BCUT2D eigenvalue weighted by Crippen LogP contribution is 2.35. The fourth-order valence-electron chi connectivity index (χ4n) is 2.94. The molecule has 0 saturated carbocycles. The fraction of sp³-hybridized carbons (Fsp3) is 0.182. The molecule has 3 amide bonds. The number of carbonyl (C=O) groups excluding carboxylic acids is 4. The molecular formula is C22H19ClN2O7S. The van der Waals surface area contributed by atoms with E-state index in [0.29, 0.717) is 28.8 Å². The van der Waals surface area contributed by atoms with Gasteiger partial charge in [-0.05, 0) is 54.2 Å². The van der Waals surface area contributed by atoms with Gasteiger partial charge in [-0.2, -0.15) is 0 Å². The molecule has 2 aromatic rings. The van der Waals surface area contributed by atoms with Gasteiger partial charge in [0.25, 0.3) is 11.1 Å². The molecule has 172 valence electrons. The predicted octanol–water partition coefficient (Wildman–Crippen LogP) is 3.82. The van der Waals surface area contributed by atoms with Crippen LogP contribution in [-0.2, 0) is 14.3 Å². The molecular weight excluding hydrogens is 472 g/mol. The number of thioether (sulfide) groups is 1. The van der Waals surface area contributed by atoms with Crippen molar-refractivity contribution in [2.45, 2.75) is 0 Å². The van der Waals surface area contributed by atoms with Crippen LogP contribution in [0.4, 0.5) is 10.5 Å². The van der Waals surface area contributed by atoms with Gasteiger partial charge >= 0.3 is 5.97 Å². The second kappa shape index (κ2) is 10.4. The van der Waals surface area contributed by atoms with Crippen LogP contribution in [0.1, 0.15) is 15.9 Å². The monoisotopic (exact) mass is 490 g/mol. The Kier molecular flexibility index (Phi) is 7.62. The van der Waals surface area contributed by atoms with E-state index in [1.54, 1.807) is 18.2 Å². The second-order valence-electron chi connectivity index (χ2n) is 6.61. The predicted molar refractivity (Wildman–Crippen MR) is 124 cm³/mol. The number of halogens is 1. The van der Waals surface area contributed by atoms with Crippen molar-refractivity contribution in [1.82, 2.24) is 4.90 Å². The number of imide groups is 1. The van der Waals surface area contributed by atoms with Gasteiger partial charge < -0.3 is 19.5 Å². The van der Waals surface area contributed by atoms with Gasteiger partial charge in [0.1, 0.15) is 18.0 Å². The van der Waals surface area contributed by atoms with E-state index in [1.807, 2.05) is 0 Å². The molecule has 9 nitrogen and oxygen atoms in total. The number of carbonyl (C=O) groups is 4. The normalized spacial score (nSPS) is 14.4. The summed E-state index contributed by atoms with van der Waals surface area (Å²) >= 11 is 6.68. The van der Waals surface area contributed by atoms with Crippen LogP contribution in [0.5, 0.6) is 11.5 Å². The number of benzene rings is 2. The molecule has 1 saturated heterocycles. The molecule has 0 bridgehead atoms. The van der Waals surface area contributed by atoms with E-state index in [4.69, 9.17) is 21.1 Å². The first kappa shape index (κ1) is 24.1. The van der Waals surface area contributed by atoms with Gasteiger partial charge in [0.15, 0.2) is 0 Å². The number of ether oxygens (including phenoxy) is 3. The molecule has 33 heavy (non-hydrogen) atoms. The number of anilines is 1. The lowest BCUT2D eigenvalue weighted by molar-refractivity contribution is -0.127. The molecule has 1 fully saturated rings. The summed E-state index contributed by atoms with van der Waals surface area (Å²) in [4.78, 5) is 50.4. The lowest BCUT2D eigenvalue weighted by Crippen LogP contribution is -2.36. The number of esters is 1. The molecule has 0 unspecified atom stereocenters. The van der Waals surface area contributed by atoms with Crippen molar-refractivity contribution in [3.05, 3.63) is 57.5 Å². The number of hydrogen-bond acceptors (Lipinski definition) is 8. The van der Waals surface area contributed by atoms with Crippen molar-refractivity contribution < 1.29 is 33.4 Å². The van der Waals surface area contributed by atoms with Crippen LogP contribution in [0.2, 0.25) is 5.02 Å². The number of nitrogens with zero attached hydrogens (tertiary/aromatic N) is 1. The lowest BCUT2D eigenvalue weighted by atomic mass is 10.1. The Balaban J connectivity index is 1.75. The smallest absolute Gasteiger partial charge is 0.339 e. The number of nitrogens with one attached hydrogen (secondary N) is 1. The van der Waals surface area contributed by atoms with E-state index in [2.05, 4.69) is 10.1 Å². The standard InChI is InChI=1S/C22H19ClN2O7S/c1-30-14-5-7-17(31-2)12(8-14)9-18-20(27)25(22(29)33-18)11-19(26)24-13-4-6-16(23)15(10-13)21(28)32-3/h4-10H,11H2,1-3H3,(H,24,26)/b18-9+. The largest absolute Gasteiger partial charge is 0.497 e. The van der Waals surface area contributed by atoms with E-state index in [1.165, 1.54) is 45.6 Å². The summed E-state index contributed by atoms with van der Waals surface area (Å²) in [5, 5.41) is 2.11. The molecule has 1 aliphatic rings. The maximum atomic E-state index is 12.8. The van der Waals surface area contributed by atoms with Gasteiger partial charge in [0, 0.05) is 11.3 Å². The Morgan fingerprint density at radius 1 is 1.09 bits per heavy atom. The highest BCUT2D eigenvalue weighted by atomic mass is 35.5. The molecule has 1 aliphatic heterocycles. The average molecular weight is 491 g/mol. The van der Waals surface area contributed by atoms with Gasteiger partial charge in [0.2, 0.25) is 5.91 Å². The molecule has 11 heteroatoms. The van der Waals surface area contributed by atoms with Crippen LogP contribution < -0.4 is 14.8 Å². The maximum absolute atomic E-state index is 12.8. The summed E-state index contributed by atoms with van der Waals surface area (Å²) in [6.45, 7) is -0.507. The molecule has 1 N–H and O–H groups in total. The van der Waals surface area contributed by atoms with E-state index < -0.39 is 29.6 Å². The van der Waals surface area contributed by atoms with Gasteiger partial charge in [0.05, 0.1) is 36.8 Å². The molecule has 0 radical (unpaired) electrons. The van der Waals surface area contributed by atoms with E-state index in [9.17, 15) is 19.2 Å². The Labute approximate surface area is 198 Å². The third-order valence-corrected chi connectivity index (χ3v) is 5.79. The summed E-state index contributed by atoms with van der Waals surface area (Å²) in [7, 11) is 4.20. The first-order chi connectivity index (χ1) is 15.8. The minimum atomic E-state index is -0.667. The molecule has 0 atom stereocenters. The number of rotatable bonds is 7. The van der Waals surface area contributed by atoms with Crippen LogP contribution in [0, 0.1) is 0 Å². The molecule has 0 spiro atoms. The van der Waals surface area contributed by atoms with Crippen LogP contribution in [0.3, 0.4) is 0 Å². The number of hydrogen-bond donors (Lipinski definition) is 1. The van der Waals surface area contributed by atoms with E-state index in [-0.39, 0.29) is 21.2 Å². The fourth-order valence-corrected chi connectivity index (χ4v) is 3.97. The van der Waals surface area contributed by atoms with Crippen LogP contribution in [0.15, 0.2) is 41.3 Å². The summed E-state index contributed by atoms with van der Waals surface area (Å²) in [5.41, 5.74) is 0.870. The summed E-state index contributed by atoms with van der Waals surface area (Å²) in [6, 6.07) is 9.29. The minimum Gasteiger partial charge on any atom is -0.497 e. The maximum Gasteiger partial charge on any atom is 0.339 e. The van der Waals surface area contributed by atoms with Crippen LogP contribution in [-0.4, -0.2) is 55.8 Å². The first-order valence-corrected chi connectivity index (χ1v) is 10.6. The first-order valence-electron chi connectivity index (χ1n) is 9.42. The summed E-state index contributed by atoms with van der Waals surface area (Å²) in [5.74, 6) is -0.869. The Morgan fingerprint density at radius 2 is 1.85 bits per heavy atom. The Morgan fingerprint density at radius 3 is 2.52 bits per heavy atom. The summed E-state index contributed by atoms with van der Waals surface area (Å²) < 4.78 is 15.1. The van der Waals surface area contributed by atoms with Gasteiger partial charge in [-0.3, -0.25) is 19.3 Å². The van der Waals surface area contributed by atoms with Gasteiger partial charge in [-0.15, -0.1) is 0 Å². The zero-order chi connectivity index (χ0) is 24.1. The topological polar surface area (TPSA) is 111 Å². The SMILES string of the molecule is COC(=O)c1cc(NC(=O)CN2C(=O)S/C(=C/c3cc(OC)ccc3OC)C2=O)ccc1Cl. The molecule has 3 rings (SSSR count). The Hall–Kier alpha value is -3.50. The van der Waals surface area contributed by atoms with Gasteiger partial charge in [-0.1, -0.05) is 11.6 Å². The molecule has 0 aromatic heterocycles. The quantitative estimate of drug-likeness (QED) is 0.460. The highest BCUT2D eigenvalue weighted by molar-refractivity contribution is 8.18. The van der Waals surface area contributed by atoms with Crippen molar-refractivity contribution in [2.75, 3.05) is 33.2 Å². The van der Waals surface area contributed by atoms with E-state index in [0.717, 1.165) is 4.90 Å². The second-order valence-corrected chi connectivity index (χ2v) is 8.01. The number of amides is 3. The molecule has 1 heterocycles. The van der Waals surface area contributed by atoms with Crippen LogP contribution in [0.25, 0.3) is 6.08 Å². The van der Waals surface area contributed by atoms with E-state index >= 15 is 0 Å². The highest BCUT2D eigenvalue weighted by Gasteiger charge is 2.36. The molecule has 0 aliphatic carbocycles. The zero-order valence-corrected chi connectivity index (χ0v) is 19.4. The lowest BCUT2D eigenvalue weighted by Gasteiger charge is -2.13. The van der Waals surface area contributed by atoms with Crippen molar-refractivity contribution >= 4 is 58.1 Å². The third-order valence-electron chi connectivity index (χ3n) is 4.55. The zero-order valence-electron chi connectivity index (χ0n) is 17.8. The Bertz CT molecular complexity index is 1170. The third kappa shape index (κ3) is 5.47. The average Bonchev–Trinajstić information content (AvgIpc) is 3.06. The van der Waals surface area contributed by atoms with Crippen molar-refractivity contribution in [1.29, 1.82) is 0 Å². The minimum absolute atomic E-state index is 0.0679. The van der Waals surface area contributed by atoms with Crippen molar-refractivity contribution in [3.63, 3.8) is 0 Å². The van der Waals surface area contributed by atoms with Crippen LogP contribution >= 0.6 is 23.4 Å². The van der Waals surface area contributed by atoms with Gasteiger partial charge in [-0.25, -0.2) is 4.79 Å². The number of methoxy groups -OCH3 is 3. The van der Waals surface area contributed by atoms with Crippen molar-refractivity contribution in [2.24, 2.45) is 0 Å².